The van der Waals surface area contributed by atoms with E-state index in [9.17, 15) is 9.90 Å². The van der Waals surface area contributed by atoms with Gasteiger partial charge in [-0.05, 0) is 23.1 Å². The zero-order chi connectivity index (χ0) is 11.4. The highest BCUT2D eigenvalue weighted by Crippen LogP contribution is 2.20. The first-order valence-electron chi connectivity index (χ1n) is 4.79. The molecule has 2 nitrogen and oxygen atoms in total. The second kappa shape index (κ2) is 4.77. The Labute approximate surface area is 97.5 Å². The second-order valence-corrected chi connectivity index (χ2v) is 4.21. The summed E-state index contributed by atoms with van der Waals surface area (Å²) < 4.78 is 0. The van der Waals surface area contributed by atoms with E-state index in [2.05, 4.69) is 0 Å². The molecule has 0 N–H and O–H groups in total. The van der Waals surface area contributed by atoms with Crippen molar-refractivity contribution < 1.29 is 9.90 Å². The molecule has 0 bridgehead atoms. The third-order valence-corrected chi connectivity index (χ3v) is 2.95. The van der Waals surface area contributed by atoms with Crippen molar-refractivity contribution >= 4 is 29.0 Å². The van der Waals surface area contributed by atoms with Gasteiger partial charge in [0.1, 0.15) is 0 Å². The zero-order valence-electron chi connectivity index (χ0n) is 8.42. The molecular formula is C13H9O2S-. The minimum atomic E-state index is -1.15. The topological polar surface area (TPSA) is 40.1 Å². The van der Waals surface area contributed by atoms with E-state index in [1.807, 2.05) is 23.6 Å². The predicted molar refractivity (Wildman–Crippen MR) is 63.6 cm³/mol. The Kier molecular flexibility index (Phi) is 3.17. The predicted octanol–water partition coefficient (Wildman–Crippen LogP) is 2.04. The number of hydrogen-bond donors (Lipinski definition) is 0. The first kappa shape index (κ1) is 10.6. The molecule has 0 fully saturated rings. The van der Waals surface area contributed by atoms with Crippen LogP contribution in [0.5, 0.6) is 0 Å². The van der Waals surface area contributed by atoms with E-state index < -0.39 is 5.97 Å². The van der Waals surface area contributed by atoms with Crippen molar-refractivity contribution in [2.24, 2.45) is 0 Å². The average molecular weight is 229 g/mol. The van der Waals surface area contributed by atoms with E-state index in [4.69, 9.17) is 0 Å². The Hall–Kier alpha value is -1.87. The molecule has 80 valence electrons. The molecule has 0 unspecified atom stereocenters. The quantitative estimate of drug-likeness (QED) is 0.756. The summed E-state index contributed by atoms with van der Waals surface area (Å²) in [6.45, 7) is 0. The summed E-state index contributed by atoms with van der Waals surface area (Å²) in [5, 5.41) is 13.0. The second-order valence-electron chi connectivity index (χ2n) is 3.23. The molecule has 0 aliphatic heterocycles. The van der Waals surface area contributed by atoms with E-state index >= 15 is 0 Å². The number of carboxylic acid groups (broad SMARTS) is 1. The van der Waals surface area contributed by atoms with Gasteiger partial charge >= 0.3 is 0 Å². The highest BCUT2D eigenvalue weighted by atomic mass is 32.1. The Bertz CT molecular complexity index is 498. The van der Waals surface area contributed by atoms with Gasteiger partial charge in [-0.3, -0.25) is 0 Å². The van der Waals surface area contributed by atoms with E-state index in [1.54, 1.807) is 30.3 Å². The van der Waals surface area contributed by atoms with Crippen molar-refractivity contribution in [2.75, 3.05) is 0 Å². The fraction of sp³-hybridized carbons (Fsp3) is 0. The lowest BCUT2D eigenvalue weighted by Crippen LogP contribution is -2.23. The molecule has 0 aliphatic rings. The number of carbonyl (C=O) groups is 1. The number of aliphatic carboxylic acids is 1. The fourth-order valence-corrected chi connectivity index (χ4v) is 2.05. The van der Waals surface area contributed by atoms with Crippen molar-refractivity contribution in [1.82, 2.24) is 0 Å². The van der Waals surface area contributed by atoms with Gasteiger partial charge in [0.15, 0.2) is 0 Å². The normalized spacial score (nSPS) is 11.4. The van der Waals surface area contributed by atoms with E-state index in [0.29, 0.717) is 5.56 Å². The van der Waals surface area contributed by atoms with Crippen molar-refractivity contribution in [1.29, 1.82) is 0 Å². The lowest BCUT2D eigenvalue weighted by molar-refractivity contribution is -0.295. The highest BCUT2D eigenvalue weighted by molar-refractivity contribution is 7.10. The molecule has 0 saturated heterocycles. The average Bonchev–Trinajstić information content (AvgIpc) is 2.79. The van der Waals surface area contributed by atoms with Crippen molar-refractivity contribution in [3.8, 4) is 0 Å². The van der Waals surface area contributed by atoms with Gasteiger partial charge in [0.05, 0.1) is 5.97 Å². The highest BCUT2D eigenvalue weighted by Gasteiger charge is 2.02. The van der Waals surface area contributed by atoms with Crippen LogP contribution in [0.3, 0.4) is 0 Å². The van der Waals surface area contributed by atoms with Crippen LogP contribution in [0.25, 0.3) is 11.6 Å². The van der Waals surface area contributed by atoms with Gasteiger partial charge in [-0.1, -0.05) is 36.4 Å². The number of benzene rings is 1. The summed E-state index contributed by atoms with van der Waals surface area (Å²) in [6.07, 6.45) is 1.63. The van der Waals surface area contributed by atoms with Gasteiger partial charge < -0.3 is 9.90 Å². The molecule has 0 amide bonds. The number of carbonyl (C=O) groups excluding carboxylic acids is 1. The maximum atomic E-state index is 11.1. The largest absolute Gasteiger partial charge is 0.545 e. The third kappa shape index (κ3) is 2.38. The van der Waals surface area contributed by atoms with Crippen LogP contribution in [0.4, 0.5) is 0 Å². The first-order chi connectivity index (χ1) is 7.77. The molecule has 0 aliphatic carbocycles. The standard InChI is InChI=1S/C13H10O2S/c14-13(15)12(9-11-7-4-8-16-11)10-5-2-1-3-6-10/h1-9H,(H,14,15)/p-1. The van der Waals surface area contributed by atoms with Gasteiger partial charge in [-0.15, -0.1) is 11.3 Å². The van der Waals surface area contributed by atoms with Crippen LogP contribution in [0.1, 0.15) is 10.4 Å². The molecule has 0 atom stereocenters. The molecule has 1 heterocycles. The minimum Gasteiger partial charge on any atom is -0.545 e. The van der Waals surface area contributed by atoms with Crippen LogP contribution in [-0.2, 0) is 4.79 Å². The molecule has 2 rings (SSSR count). The van der Waals surface area contributed by atoms with Gasteiger partial charge in [0, 0.05) is 10.5 Å². The van der Waals surface area contributed by atoms with E-state index in [1.165, 1.54) is 11.3 Å². The van der Waals surface area contributed by atoms with Crippen LogP contribution in [0.15, 0.2) is 47.8 Å². The summed E-state index contributed by atoms with van der Waals surface area (Å²) in [5.41, 5.74) is 0.874. The number of carboxylic acids is 1. The molecule has 0 spiro atoms. The van der Waals surface area contributed by atoms with Crippen LogP contribution in [0.2, 0.25) is 0 Å². The van der Waals surface area contributed by atoms with Gasteiger partial charge in [-0.2, -0.15) is 0 Å². The Morgan fingerprint density at radius 2 is 1.88 bits per heavy atom. The van der Waals surface area contributed by atoms with Crippen molar-refractivity contribution in [3.05, 3.63) is 58.3 Å². The summed E-state index contributed by atoms with van der Waals surface area (Å²) in [6, 6.07) is 12.7. The van der Waals surface area contributed by atoms with Crippen molar-refractivity contribution in [3.63, 3.8) is 0 Å². The molecule has 0 saturated carbocycles. The Morgan fingerprint density at radius 1 is 1.12 bits per heavy atom. The Balaban J connectivity index is 2.43. The Morgan fingerprint density at radius 3 is 2.44 bits per heavy atom. The van der Waals surface area contributed by atoms with Gasteiger partial charge in [-0.25, -0.2) is 0 Å². The lowest BCUT2D eigenvalue weighted by Gasteiger charge is -2.08. The summed E-state index contributed by atoms with van der Waals surface area (Å²) in [7, 11) is 0. The maximum absolute atomic E-state index is 11.1. The number of hydrogen-bond acceptors (Lipinski definition) is 3. The van der Waals surface area contributed by atoms with Crippen LogP contribution in [0, 0.1) is 0 Å². The lowest BCUT2D eigenvalue weighted by atomic mass is 10.1. The third-order valence-electron chi connectivity index (χ3n) is 2.13. The monoisotopic (exact) mass is 229 g/mol. The fourth-order valence-electron chi connectivity index (χ4n) is 1.39. The first-order valence-corrected chi connectivity index (χ1v) is 5.67. The number of thiophene rings is 1. The van der Waals surface area contributed by atoms with E-state index in [0.717, 1.165) is 4.88 Å². The van der Waals surface area contributed by atoms with E-state index in [-0.39, 0.29) is 5.57 Å². The van der Waals surface area contributed by atoms with Gasteiger partial charge in [0.25, 0.3) is 0 Å². The summed E-state index contributed by atoms with van der Waals surface area (Å²) >= 11 is 1.50. The maximum Gasteiger partial charge on any atom is 0.0721 e. The molecule has 1 aromatic carbocycles. The summed E-state index contributed by atoms with van der Waals surface area (Å²) in [4.78, 5) is 12.0. The molecule has 0 radical (unpaired) electrons. The van der Waals surface area contributed by atoms with Crippen LogP contribution in [-0.4, -0.2) is 5.97 Å². The smallest absolute Gasteiger partial charge is 0.0721 e. The van der Waals surface area contributed by atoms with Crippen molar-refractivity contribution in [2.45, 2.75) is 0 Å². The molecule has 16 heavy (non-hydrogen) atoms. The van der Waals surface area contributed by atoms with Gasteiger partial charge in [0.2, 0.25) is 0 Å². The zero-order valence-corrected chi connectivity index (χ0v) is 9.24. The minimum absolute atomic E-state index is 0.211. The number of rotatable bonds is 3. The van der Waals surface area contributed by atoms with Crippen LogP contribution >= 0.6 is 11.3 Å². The summed E-state index contributed by atoms with van der Waals surface area (Å²) in [5.74, 6) is -1.15. The van der Waals surface area contributed by atoms with Crippen LogP contribution < -0.4 is 5.11 Å². The molecule has 2 aromatic rings. The molecule has 3 heteroatoms. The molecular weight excluding hydrogens is 220 g/mol. The SMILES string of the molecule is O=C([O-])C(=Cc1cccs1)c1ccccc1. The molecule has 1 aromatic heterocycles.